The monoisotopic (exact) mass is 428 g/mol. The molecular weight excluding hydrogens is 401 g/mol. The van der Waals surface area contributed by atoms with Crippen LogP contribution in [0.15, 0.2) is 35.6 Å². The maximum atomic E-state index is 12.9. The zero-order valence-corrected chi connectivity index (χ0v) is 17.5. The first-order valence-electron chi connectivity index (χ1n) is 9.48. The van der Waals surface area contributed by atoms with E-state index in [0.717, 1.165) is 43.1 Å². The average Bonchev–Trinajstić information content (AvgIpc) is 3.16. The quantitative estimate of drug-likeness (QED) is 0.345. The molecule has 0 radical (unpaired) electrons. The van der Waals surface area contributed by atoms with E-state index >= 15 is 0 Å². The number of hydrogen-bond acceptors (Lipinski definition) is 4. The molecule has 0 bridgehead atoms. The minimum atomic E-state index is -4.35. The van der Waals surface area contributed by atoms with E-state index in [1.807, 2.05) is 17.7 Å². The number of aliphatic imine (C=N–C) groups is 1. The minimum absolute atomic E-state index is 0.161. The molecule has 29 heavy (non-hydrogen) atoms. The first-order valence-corrected chi connectivity index (χ1v) is 10.9. The maximum Gasteiger partial charge on any atom is 0.416 e. The Morgan fingerprint density at radius 2 is 2.03 bits per heavy atom. The maximum absolute atomic E-state index is 12.9. The molecule has 1 aromatic carbocycles. The first-order chi connectivity index (χ1) is 13.9. The Hall–Kier alpha value is -2.23. The fourth-order valence-corrected chi connectivity index (χ4v) is 3.08. The van der Waals surface area contributed by atoms with E-state index in [1.165, 1.54) is 6.07 Å². The molecule has 0 aliphatic rings. The molecule has 160 valence electrons. The molecule has 0 aliphatic heterocycles. The van der Waals surface area contributed by atoms with Crippen molar-refractivity contribution in [2.24, 2.45) is 4.99 Å². The molecule has 2 aromatic rings. The summed E-state index contributed by atoms with van der Waals surface area (Å²) in [6, 6.07) is 5.26. The summed E-state index contributed by atoms with van der Waals surface area (Å²) in [5, 5.41) is 14.4. The summed E-state index contributed by atoms with van der Waals surface area (Å²) in [6.45, 7) is 4.19. The van der Waals surface area contributed by atoms with Crippen LogP contribution in [0.5, 0.6) is 0 Å². The third kappa shape index (κ3) is 7.96. The zero-order chi connectivity index (χ0) is 21.1. The number of hydrogen-bond donors (Lipinski definition) is 2. The largest absolute Gasteiger partial charge is 0.416 e. The molecule has 0 amide bonds. The van der Waals surface area contributed by atoms with Gasteiger partial charge in [-0.15, -0.1) is 10.2 Å². The van der Waals surface area contributed by atoms with Gasteiger partial charge in [0.25, 0.3) is 0 Å². The van der Waals surface area contributed by atoms with Gasteiger partial charge in [0.05, 0.1) is 12.1 Å². The summed E-state index contributed by atoms with van der Waals surface area (Å²) in [7, 11) is 0. The SMILES string of the molecule is CCc1nncn1CCNC(=NCc1cccc(C(F)(F)F)c1)NCCCSC. The molecule has 10 heteroatoms. The van der Waals surface area contributed by atoms with Crippen molar-refractivity contribution in [3.05, 3.63) is 47.5 Å². The van der Waals surface area contributed by atoms with Crippen molar-refractivity contribution in [1.82, 2.24) is 25.4 Å². The lowest BCUT2D eigenvalue weighted by Gasteiger charge is -2.14. The third-order valence-electron chi connectivity index (χ3n) is 4.15. The fourth-order valence-electron chi connectivity index (χ4n) is 2.65. The number of aryl methyl sites for hydroxylation is 1. The van der Waals surface area contributed by atoms with Crippen molar-refractivity contribution in [3.63, 3.8) is 0 Å². The Kier molecular flexibility index (Phi) is 9.30. The number of nitrogens with one attached hydrogen (secondary N) is 2. The van der Waals surface area contributed by atoms with Crippen molar-refractivity contribution in [2.45, 2.75) is 39.0 Å². The van der Waals surface area contributed by atoms with Gasteiger partial charge >= 0.3 is 6.18 Å². The topological polar surface area (TPSA) is 67.1 Å². The number of alkyl halides is 3. The van der Waals surface area contributed by atoms with Crippen molar-refractivity contribution >= 4 is 17.7 Å². The van der Waals surface area contributed by atoms with Crippen LogP contribution in [0.4, 0.5) is 13.2 Å². The smallest absolute Gasteiger partial charge is 0.356 e. The number of halogens is 3. The highest BCUT2D eigenvalue weighted by Crippen LogP contribution is 2.29. The summed E-state index contributed by atoms with van der Waals surface area (Å²) in [5.41, 5.74) is -0.149. The second-order valence-electron chi connectivity index (χ2n) is 6.36. The number of thioether (sulfide) groups is 1. The highest BCUT2D eigenvalue weighted by atomic mass is 32.2. The van der Waals surface area contributed by atoms with E-state index < -0.39 is 11.7 Å². The lowest BCUT2D eigenvalue weighted by Crippen LogP contribution is -2.39. The average molecular weight is 429 g/mol. The summed E-state index contributed by atoms with van der Waals surface area (Å²) in [5.74, 6) is 2.51. The molecule has 6 nitrogen and oxygen atoms in total. The molecule has 0 unspecified atom stereocenters. The normalized spacial score (nSPS) is 12.2. The van der Waals surface area contributed by atoms with Gasteiger partial charge in [0.1, 0.15) is 12.2 Å². The minimum Gasteiger partial charge on any atom is -0.356 e. The first kappa shape index (κ1) is 23.1. The second-order valence-corrected chi connectivity index (χ2v) is 7.34. The van der Waals surface area contributed by atoms with Crippen molar-refractivity contribution in [1.29, 1.82) is 0 Å². The molecule has 0 saturated heterocycles. The van der Waals surface area contributed by atoms with Gasteiger partial charge in [0.2, 0.25) is 0 Å². The molecule has 2 rings (SSSR count). The molecular formula is C19H27F3N6S. The van der Waals surface area contributed by atoms with Gasteiger partial charge < -0.3 is 15.2 Å². The van der Waals surface area contributed by atoms with E-state index in [0.29, 0.717) is 24.6 Å². The van der Waals surface area contributed by atoms with E-state index in [2.05, 4.69) is 25.8 Å². The molecule has 0 atom stereocenters. The van der Waals surface area contributed by atoms with Gasteiger partial charge in [0.15, 0.2) is 5.96 Å². The fraction of sp³-hybridized carbons (Fsp3) is 0.526. The summed E-state index contributed by atoms with van der Waals surface area (Å²) >= 11 is 1.76. The van der Waals surface area contributed by atoms with Crippen LogP contribution in [0.2, 0.25) is 0 Å². The molecule has 0 saturated carbocycles. The number of nitrogens with zero attached hydrogens (tertiary/aromatic N) is 4. The van der Waals surface area contributed by atoms with Gasteiger partial charge in [-0.3, -0.25) is 0 Å². The van der Waals surface area contributed by atoms with Crippen LogP contribution in [0.1, 0.15) is 30.3 Å². The van der Waals surface area contributed by atoms with Crippen LogP contribution in [0, 0.1) is 0 Å². The van der Waals surface area contributed by atoms with E-state index in [-0.39, 0.29) is 6.54 Å². The molecule has 0 fully saturated rings. The van der Waals surface area contributed by atoms with Gasteiger partial charge in [-0.25, -0.2) is 4.99 Å². The molecule has 0 spiro atoms. The number of rotatable bonds is 10. The van der Waals surface area contributed by atoms with E-state index in [1.54, 1.807) is 24.2 Å². The molecule has 0 aliphatic carbocycles. The van der Waals surface area contributed by atoms with Gasteiger partial charge in [-0.1, -0.05) is 19.1 Å². The zero-order valence-electron chi connectivity index (χ0n) is 16.7. The lowest BCUT2D eigenvalue weighted by atomic mass is 10.1. The van der Waals surface area contributed by atoms with Crippen LogP contribution in [-0.2, 0) is 25.7 Å². The van der Waals surface area contributed by atoms with E-state index in [9.17, 15) is 13.2 Å². The van der Waals surface area contributed by atoms with Crippen LogP contribution in [-0.4, -0.2) is 45.8 Å². The summed E-state index contributed by atoms with van der Waals surface area (Å²) < 4.78 is 40.6. The second kappa shape index (κ2) is 11.7. The van der Waals surface area contributed by atoms with Gasteiger partial charge in [0, 0.05) is 26.1 Å². The van der Waals surface area contributed by atoms with Crippen molar-refractivity contribution in [2.75, 3.05) is 25.1 Å². The molecule has 2 N–H and O–H groups in total. The number of aromatic nitrogens is 3. The Morgan fingerprint density at radius 1 is 1.24 bits per heavy atom. The van der Waals surface area contributed by atoms with Gasteiger partial charge in [-0.05, 0) is 36.1 Å². The van der Waals surface area contributed by atoms with Crippen LogP contribution in [0.3, 0.4) is 0 Å². The third-order valence-corrected chi connectivity index (χ3v) is 4.85. The molecule has 1 heterocycles. The number of benzene rings is 1. The molecule has 1 aromatic heterocycles. The van der Waals surface area contributed by atoms with E-state index in [4.69, 9.17) is 0 Å². The Balaban J connectivity index is 1.98. The Labute approximate surface area is 173 Å². The highest BCUT2D eigenvalue weighted by Gasteiger charge is 2.30. The van der Waals surface area contributed by atoms with Crippen molar-refractivity contribution < 1.29 is 13.2 Å². The van der Waals surface area contributed by atoms with Crippen LogP contribution < -0.4 is 10.6 Å². The summed E-state index contributed by atoms with van der Waals surface area (Å²) in [6.07, 6.45) is 1.14. The Bertz CT molecular complexity index is 775. The predicted molar refractivity (Wildman–Crippen MR) is 111 cm³/mol. The highest BCUT2D eigenvalue weighted by molar-refractivity contribution is 7.98. The van der Waals surface area contributed by atoms with Gasteiger partial charge in [-0.2, -0.15) is 24.9 Å². The van der Waals surface area contributed by atoms with Crippen LogP contribution in [0.25, 0.3) is 0 Å². The predicted octanol–water partition coefficient (Wildman–Crippen LogP) is 3.35. The lowest BCUT2D eigenvalue weighted by molar-refractivity contribution is -0.137. The summed E-state index contributed by atoms with van der Waals surface area (Å²) in [4.78, 5) is 4.46. The standard InChI is InChI=1S/C19H27F3N6S/c1-3-17-27-26-14-28(17)10-9-24-18(23-8-5-11-29-2)25-13-15-6-4-7-16(12-15)19(20,21)22/h4,6-7,12,14H,3,5,8-11,13H2,1-2H3,(H2,23,24,25). The number of guanidine groups is 1. The Morgan fingerprint density at radius 3 is 2.76 bits per heavy atom. The van der Waals surface area contributed by atoms with Crippen LogP contribution >= 0.6 is 11.8 Å². The van der Waals surface area contributed by atoms with Crippen molar-refractivity contribution in [3.8, 4) is 0 Å².